The lowest BCUT2D eigenvalue weighted by molar-refractivity contribution is 0.0898. The Morgan fingerprint density at radius 2 is 2.29 bits per heavy atom. The van der Waals surface area contributed by atoms with Gasteiger partial charge >= 0.3 is 0 Å². The Balaban J connectivity index is 1.65. The summed E-state index contributed by atoms with van der Waals surface area (Å²) in [6.07, 6.45) is 4.52. The second-order valence-electron chi connectivity index (χ2n) is 6.48. The first-order valence-corrected chi connectivity index (χ1v) is 8.08. The predicted octanol–water partition coefficient (Wildman–Crippen LogP) is 0.862. The number of pyridine rings is 1. The SMILES string of the molecule is CN(C)C[C@@H]1CN(Cc2ccccn2)C[C@H]1NC(=O)c1cnco1. The number of carbonyl (C=O) groups is 1. The number of nitrogens with zero attached hydrogens (tertiary/aromatic N) is 4. The quantitative estimate of drug-likeness (QED) is 0.847. The van der Waals surface area contributed by atoms with E-state index in [1.54, 1.807) is 0 Å². The second-order valence-corrected chi connectivity index (χ2v) is 6.48. The van der Waals surface area contributed by atoms with Crippen LogP contribution in [-0.2, 0) is 6.54 Å². The summed E-state index contributed by atoms with van der Waals surface area (Å²) in [6.45, 7) is 3.44. The summed E-state index contributed by atoms with van der Waals surface area (Å²) >= 11 is 0. The summed E-state index contributed by atoms with van der Waals surface area (Å²) in [5.41, 5.74) is 1.04. The van der Waals surface area contributed by atoms with E-state index in [0.717, 1.165) is 31.9 Å². The van der Waals surface area contributed by atoms with Crippen LogP contribution in [0.25, 0.3) is 0 Å². The summed E-state index contributed by atoms with van der Waals surface area (Å²) in [4.78, 5) is 25.0. The van der Waals surface area contributed by atoms with Crippen molar-refractivity contribution in [2.24, 2.45) is 5.92 Å². The molecular formula is C17H23N5O2. The molecule has 24 heavy (non-hydrogen) atoms. The molecule has 0 aromatic carbocycles. The molecule has 0 spiro atoms. The van der Waals surface area contributed by atoms with Crippen LogP contribution in [-0.4, -0.2) is 65.4 Å². The molecule has 3 heterocycles. The van der Waals surface area contributed by atoms with E-state index in [-0.39, 0.29) is 17.7 Å². The van der Waals surface area contributed by atoms with Crippen LogP contribution < -0.4 is 5.32 Å². The molecule has 0 radical (unpaired) electrons. The van der Waals surface area contributed by atoms with Gasteiger partial charge in [0.1, 0.15) is 0 Å². The number of aromatic nitrogens is 2. The molecule has 0 unspecified atom stereocenters. The molecular weight excluding hydrogens is 306 g/mol. The molecule has 1 N–H and O–H groups in total. The van der Waals surface area contributed by atoms with E-state index in [0.29, 0.717) is 5.92 Å². The van der Waals surface area contributed by atoms with Crippen molar-refractivity contribution in [1.82, 2.24) is 25.1 Å². The molecule has 1 aliphatic heterocycles. The van der Waals surface area contributed by atoms with Crippen LogP contribution >= 0.6 is 0 Å². The lowest BCUT2D eigenvalue weighted by atomic mass is 10.0. The maximum atomic E-state index is 12.3. The average molecular weight is 329 g/mol. The molecule has 3 rings (SSSR count). The van der Waals surface area contributed by atoms with Crippen molar-refractivity contribution in [3.8, 4) is 0 Å². The molecule has 2 aromatic heterocycles. The zero-order chi connectivity index (χ0) is 16.9. The van der Waals surface area contributed by atoms with Gasteiger partial charge in [-0.3, -0.25) is 14.7 Å². The topological polar surface area (TPSA) is 74.5 Å². The van der Waals surface area contributed by atoms with Crippen molar-refractivity contribution in [3.05, 3.63) is 48.4 Å². The van der Waals surface area contributed by atoms with Crippen molar-refractivity contribution < 1.29 is 9.21 Å². The van der Waals surface area contributed by atoms with E-state index in [9.17, 15) is 4.79 Å². The Labute approximate surface area is 141 Å². The fourth-order valence-corrected chi connectivity index (χ4v) is 3.20. The highest BCUT2D eigenvalue weighted by Crippen LogP contribution is 2.20. The molecule has 1 aliphatic rings. The molecule has 128 valence electrons. The fraction of sp³-hybridized carbons (Fsp3) is 0.471. The smallest absolute Gasteiger partial charge is 0.288 e. The first kappa shape index (κ1) is 16.6. The van der Waals surface area contributed by atoms with E-state index >= 15 is 0 Å². The standard InChI is InChI=1S/C17H23N5O2/c1-21(2)8-13-9-22(10-14-5-3-4-6-19-14)11-15(13)20-17(23)16-7-18-12-24-16/h3-7,12-13,15H,8-11H2,1-2H3,(H,20,23)/t13-,15-/m1/s1. The normalized spacial score (nSPS) is 21.3. The van der Waals surface area contributed by atoms with Crippen LogP contribution in [0.3, 0.4) is 0 Å². The van der Waals surface area contributed by atoms with Crippen molar-refractivity contribution in [2.45, 2.75) is 12.6 Å². The van der Waals surface area contributed by atoms with Gasteiger partial charge in [-0.1, -0.05) is 6.07 Å². The zero-order valence-electron chi connectivity index (χ0n) is 14.1. The number of nitrogens with one attached hydrogen (secondary N) is 1. The minimum atomic E-state index is -0.207. The number of oxazole rings is 1. The highest BCUT2D eigenvalue weighted by molar-refractivity contribution is 5.91. The Morgan fingerprint density at radius 1 is 1.42 bits per heavy atom. The van der Waals surface area contributed by atoms with Gasteiger partial charge in [0.15, 0.2) is 6.39 Å². The summed E-state index contributed by atoms with van der Waals surface area (Å²) in [7, 11) is 4.10. The zero-order valence-corrected chi connectivity index (χ0v) is 14.1. The fourth-order valence-electron chi connectivity index (χ4n) is 3.20. The third kappa shape index (κ3) is 4.18. The Bertz CT molecular complexity index is 644. The monoisotopic (exact) mass is 329 g/mol. The van der Waals surface area contributed by atoms with Gasteiger partial charge in [-0.2, -0.15) is 0 Å². The second kappa shape index (κ2) is 7.55. The number of amides is 1. The molecule has 0 bridgehead atoms. The minimum absolute atomic E-state index is 0.0775. The molecule has 7 nitrogen and oxygen atoms in total. The van der Waals surface area contributed by atoms with Gasteiger partial charge in [-0.05, 0) is 26.2 Å². The van der Waals surface area contributed by atoms with Crippen LogP contribution in [0.15, 0.2) is 41.4 Å². The number of likely N-dealkylation sites (tertiary alicyclic amines) is 1. The summed E-state index contributed by atoms with van der Waals surface area (Å²) < 4.78 is 5.09. The summed E-state index contributed by atoms with van der Waals surface area (Å²) in [6, 6.07) is 6.02. The average Bonchev–Trinajstić information content (AvgIpc) is 3.19. The van der Waals surface area contributed by atoms with E-state index in [4.69, 9.17) is 4.42 Å². The van der Waals surface area contributed by atoms with E-state index < -0.39 is 0 Å². The minimum Gasteiger partial charge on any atom is -0.438 e. The summed E-state index contributed by atoms with van der Waals surface area (Å²) in [5, 5.41) is 3.09. The van der Waals surface area contributed by atoms with Gasteiger partial charge < -0.3 is 14.6 Å². The first-order chi connectivity index (χ1) is 11.6. The van der Waals surface area contributed by atoms with Crippen molar-refractivity contribution in [1.29, 1.82) is 0 Å². The van der Waals surface area contributed by atoms with Gasteiger partial charge in [0.25, 0.3) is 5.91 Å². The van der Waals surface area contributed by atoms with Crippen molar-refractivity contribution in [3.63, 3.8) is 0 Å². The molecule has 0 saturated carbocycles. The molecule has 2 atom stereocenters. The van der Waals surface area contributed by atoms with Crippen LogP contribution in [0.5, 0.6) is 0 Å². The van der Waals surface area contributed by atoms with Crippen molar-refractivity contribution >= 4 is 5.91 Å². The van der Waals surface area contributed by atoms with Gasteiger partial charge in [0.2, 0.25) is 5.76 Å². The van der Waals surface area contributed by atoms with Crippen LogP contribution in [0.1, 0.15) is 16.2 Å². The van der Waals surface area contributed by atoms with E-state index in [2.05, 4.69) is 39.2 Å². The van der Waals surface area contributed by atoms with Gasteiger partial charge in [-0.15, -0.1) is 0 Å². The summed E-state index contributed by atoms with van der Waals surface area (Å²) in [5.74, 6) is 0.401. The predicted molar refractivity (Wildman–Crippen MR) is 89.3 cm³/mol. The Morgan fingerprint density at radius 3 is 2.96 bits per heavy atom. The first-order valence-electron chi connectivity index (χ1n) is 8.08. The molecule has 7 heteroatoms. The number of rotatable bonds is 6. The van der Waals surface area contributed by atoms with Gasteiger partial charge in [-0.25, -0.2) is 4.98 Å². The molecule has 1 fully saturated rings. The lowest BCUT2D eigenvalue weighted by Gasteiger charge is -2.22. The molecule has 1 saturated heterocycles. The highest BCUT2D eigenvalue weighted by Gasteiger charge is 2.34. The molecule has 1 amide bonds. The molecule has 0 aliphatic carbocycles. The van der Waals surface area contributed by atoms with Crippen molar-refractivity contribution in [2.75, 3.05) is 33.7 Å². The molecule has 2 aromatic rings. The van der Waals surface area contributed by atoms with Gasteiger partial charge in [0, 0.05) is 44.3 Å². The Kier molecular flexibility index (Phi) is 5.22. The third-order valence-corrected chi connectivity index (χ3v) is 4.20. The van der Waals surface area contributed by atoms with Crippen LogP contribution in [0, 0.1) is 5.92 Å². The number of hydrogen-bond acceptors (Lipinski definition) is 6. The highest BCUT2D eigenvalue weighted by atomic mass is 16.3. The lowest BCUT2D eigenvalue weighted by Crippen LogP contribution is -2.43. The number of hydrogen-bond donors (Lipinski definition) is 1. The number of carbonyl (C=O) groups excluding carboxylic acids is 1. The van der Waals surface area contributed by atoms with E-state index in [1.165, 1.54) is 12.6 Å². The maximum Gasteiger partial charge on any atom is 0.288 e. The van der Waals surface area contributed by atoms with Crippen LogP contribution in [0.2, 0.25) is 0 Å². The maximum absolute atomic E-state index is 12.3. The van der Waals surface area contributed by atoms with Crippen LogP contribution in [0.4, 0.5) is 0 Å². The Hall–Kier alpha value is -2.25. The largest absolute Gasteiger partial charge is 0.438 e. The van der Waals surface area contributed by atoms with E-state index in [1.807, 2.05) is 24.4 Å². The third-order valence-electron chi connectivity index (χ3n) is 4.20. The van der Waals surface area contributed by atoms with Gasteiger partial charge in [0.05, 0.1) is 11.9 Å².